The normalized spacial score (nSPS) is 15.6. The van der Waals surface area contributed by atoms with Crippen LogP contribution in [0.15, 0.2) is 52.1 Å². The predicted molar refractivity (Wildman–Crippen MR) is 132 cm³/mol. The number of fused-ring (bicyclic) bond motifs is 3. The first kappa shape index (κ1) is 21.8. The van der Waals surface area contributed by atoms with Crippen molar-refractivity contribution in [2.24, 2.45) is 5.92 Å². The fourth-order valence-corrected chi connectivity index (χ4v) is 5.90. The Morgan fingerprint density at radius 2 is 2.00 bits per heavy atom. The lowest BCUT2D eigenvalue weighted by Gasteiger charge is -2.22. The molecule has 2 aromatic carbocycles. The molecule has 0 amide bonds. The van der Waals surface area contributed by atoms with Gasteiger partial charge in [0.05, 0.1) is 12.0 Å². The van der Waals surface area contributed by atoms with Crippen molar-refractivity contribution in [1.29, 1.82) is 0 Å². The van der Waals surface area contributed by atoms with Crippen molar-refractivity contribution < 1.29 is 4.74 Å². The van der Waals surface area contributed by atoms with Gasteiger partial charge in [0.25, 0.3) is 5.56 Å². The van der Waals surface area contributed by atoms with E-state index in [1.807, 2.05) is 30.3 Å². The molecule has 4 aromatic rings. The molecule has 0 saturated carbocycles. The quantitative estimate of drug-likeness (QED) is 0.372. The Hall–Kier alpha value is -3.06. The highest BCUT2D eigenvalue weighted by molar-refractivity contribution is 7.18. The van der Waals surface area contributed by atoms with Crippen molar-refractivity contribution in [2.75, 3.05) is 6.61 Å². The number of ether oxygens (including phenoxy) is 1. The SMILES string of the molecule is CCC1CCc2c(sc3cc(OCCCCn4nnc5ccccc5c4=O)ccc3c2=O)C1. The van der Waals surface area contributed by atoms with Crippen LogP contribution in [-0.4, -0.2) is 21.6 Å². The number of unbranched alkanes of at least 4 members (excludes halogenated alkanes) is 1. The van der Waals surface area contributed by atoms with Crippen LogP contribution in [0.5, 0.6) is 5.75 Å². The summed E-state index contributed by atoms with van der Waals surface area (Å²) in [6.45, 7) is 3.28. The molecular formula is C26H27N3O3S. The Labute approximate surface area is 195 Å². The van der Waals surface area contributed by atoms with E-state index in [2.05, 4.69) is 17.2 Å². The molecule has 1 aliphatic carbocycles. The van der Waals surface area contributed by atoms with Gasteiger partial charge in [-0.2, -0.15) is 0 Å². The van der Waals surface area contributed by atoms with Gasteiger partial charge in [0.15, 0.2) is 5.43 Å². The molecule has 0 fully saturated rings. The van der Waals surface area contributed by atoms with Crippen LogP contribution in [0.2, 0.25) is 0 Å². The zero-order valence-corrected chi connectivity index (χ0v) is 19.6. The zero-order valence-electron chi connectivity index (χ0n) is 18.8. The fraction of sp³-hybridized carbons (Fsp3) is 0.385. The van der Waals surface area contributed by atoms with Gasteiger partial charge in [0.2, 0.25) is 0 Å². The van der Waals surface area contributed by atoms with Gasteiger partial charge < -0.3 is 4.74 Å². The maximum absolute atomic E-state index is 12.9. The third-order valence-corrected chi connectivity index (χ3v) is 7.77. The summed E-state index contributed by atoms with van der Waals surface area (Å²) < 4.78 is 8.38. The lowest BCUT2D eigenvalue weighted by atomic mass is 9.87. The van der Waals surface area contributed by atoms with Crippen LogP contribution < -0.4 is 15.7 Å². The molecular weight excluding hydrogens is 434 g/mol. The summed E-state index contributed by atoms with van der Waals surface area (Å²) in [6.07, 6.45) is 5.76. The average molecular weight is 462 g/mol. The van der Waals surface area contributed by atoms with Gasteiger partial charge in [-0.25, -0.2) is 4.68 Å². The second-order valence-electron chi connectivity index (χ2n) is 8.70. The second-order valence-corrected chi connectivity index (χ2v) is 9.84. The van der Waals surface area contributed by atoms with E-state index in [-0.39, 0.29) is 11.0 Å². The van der Waals surface area contributed by atoms with Gasteiger partial charge in [0.1, 0.15) is 11.3 Å². The lowest BCUT2D eigenvalue weighted by molar-refractivity contribution is 0.301. The molecule has 5 rings (SSSR count). The highest BCUT2D eigenvalue weighted by atomic mass is 32.1. The van der Waals surface area contributed by atoms with E-state index >= 15 is 0 Å². The minimum atomic E-state index is -0.111. The van der Waals surface area contributed by atoms with Gasteiger partial charge in [-0.1, -0.05) is 30.7 Å². The van der Waals surface area contributed by atoms with Crippen molar-refractivity contribution in [3.8, 4) is 5.75 Å². The van der Waals surface area contributed by atoms with Gasteiger partial charge >= 0.3 is 0 Å². The molecule has 0 radical (unpaired) electrons. The first-order valence-corrected chi connectivity index (χ1v) is 12.5. The van der Waals surface area contributed by atoms with Crippen molar-refractivity contribution in [2.45, 2.75) is 52.0 Å². The Morgan fingerprint density at radius 3 is 2.88 bits per heavy atom. The van der Waals surface area contributed by atoms with Crippen LogP contribution in [0.1, 0.15) is 43.0 Å². The summed E-state index contributed by atoms with van der Waals surface area (Å²) in [5, 5.41) is 9.55. The Balaban J connectivity index is 1.22. The fourth-order valence-electron chi connectivity index (χ4n) is 4.55. The Bertz CT molecular complexity index is 1430. The highest BCUT2D eigenvalue weighted by Crippen LogP contribution is 2.33. The number of benzene rings is 2. The van der Waals surface area contributed by atoms with Crippen LogP contribution in [0.3, 0.4) is 0 Å². The molecule has 6 nitrogen and oxygen atoms in total. The molecule has 0 aliphatic heterocycles. The molecule has 0 spiro atoms. The summed E-state index contributed by atoms with van der Waals surface area (Å²) in [4.78, 5) is 26.7. The minimum Gasteiger partial charge on any atom is -0.494 e. The first-order valence-electron chi connectivity index (χ1n) is 11.7. The van der Waals surface area contributed by atoms with Crippen LogP contribution in [0, 0.1) is 5.92 Å². The van der Waals surface area contributed by atoms with Gasteiger partial charge in [-0.3, -0.25) is 9.59 Å². The molecule has 0 saturated heterocycles. The number of nitrogens with zero attached hydrogens (tertiary/aromatic N) is 3. The average Bonchev–Trinajstić information content (AvgIpc) is 2.85. The van der Waals surface area contributed by atoms with Crippen molar-refractivity contribution in [1.82, 2.24) is 15.0 Å². The molecule has 7 heteroatoms. The van der Waals surface area contributed by atoms with Gasteiger partial charge in [0, 0.05) is 27.1 Å². The standard InChI is InChI=1S/C26H27N3O3S/c1-2-17-9-11-20-23(15-17)33-24-16-18(10-12-21(24)25(20)30)32-14-6-5-13-29-26(31)19-7-3-4-8-22(19)27-28-29/h3-4,7-8,10,12,16-17H,2,5-6,9,11,13-15H2,1H3. The number of hydrogen-bond donors (Lipinski definition) is 0. The van der Waals surface area contributed by atoms with E-state index in [9.17, 15) is 9.59 Å². The minimum absolute atomic E-state index is 0.111. The summed E-state index contributed by atoms with van der Waals surface area (Å²) in [6, 6.07) is 13.0. The molecule has 2 aromatic heterocycles. The number of hydrogen-bond acceptors (Lipinski definition) is 6. The molecule has 33 heavy (non-hydrogen) atoms. The van der Waals surface area contributed by atoms with E-state index in [0.29, 0.717) is 30.0 Å². The second kappa shape index (κ2) is 9.43. The highest BCUT2D eigenvalue weighted by Gasteiger charge is 2.21. The van der Waals surface area contributed by atoms with E-state index in [1.165, 1.54) is 16.0 Å². The van der Waals surface area contributed by atoms with Crippen molar-refractivity contribution in [3.63, 3.8) is 0 Å². The topological polar surface area (TPSA) is 74.1 Å². The Morgan fingerprint density at radius 1 is 1.12 bits per heavy atom. The third-order valence-electron chi connectivity index (χ3n) is 6.56. The number of aryl methyl sites for hydroxylation is 1. The van der Waals surface area contributed by atoms with Crippen LogP contribution >= 0.6 is 11.3 Å². The smallest absolute Gasteiger partial charge is 0.277 e. The van der Waals surface area contributed by atoms with Crippen LogP contribution in [0.25, 0.3) is 21.0 Å². The lowest BCUT2D eigenvalue weighted by Crippen LogP contribution is -2.24. The van der Waals surface area contributed by atoms with Crippen LogP contribution in [-0.2, 0) is 19.4 Å². The zero-order chi connectivity index (χ0) is 22.8. The monoisotopic (exact) mass is 461 g/mol. The number of rotatable bonds is 7. The molecule has 1 unspecified atom stereocenters. The third kappa shape index (κ3) is 4.42. The summed E-state index contributed by atoms with van der Waals surface area (Å²) in [5.74, 6) is 1.47. The van der Waals surface area contributed by atoms with E-state index in [1.54, 1.807) is 23.5 Å². The summed E-state index contributed by atoms with van der Waals surface area (Å²) in [7, 11) is 0. The first-order chi connectivity index (χ1) is 16.1. The van der Waals surface area contributed by atoms with Gasteiger partial charge in [-0.15, -0.1) is 16.4 Å². The maximum atomic E-state index is 12.9. The summed E-state index contributed by atoms with van der Waals surface area (Å²) in [5.41, 5.74) is 1.73. The molecule has 1 atom stereocenters. The largest absolute Gasteiger partial charge is 0.494 e. The molecule has 0 N–H and O–H groups in total. The maximum Gasteiger partial charge on any atom is 0.277 e. The Kier molecular flexibility index (Phi) is 6.22. The van der Waals surface area contributed by atoms with Crippen molar-refractivity contribution >= 4 is 32.3 Å². The van der Waals surface area contributed by atoms with Crippen molar-refractivity contribution in [3.05, 3.63) is 73.5 Å². The molecule has 1 aliphatic rings. The summed E-state index contributed by atoms with van der Waals surface area (Å²) >= 11 is 1.75. The molecule has 2 heterocycles. The predicted octanol–water partition coefficient (Wildman–Crippen LogP) is 4.74. The van der Waals surface area contributed by atoms with Gasteiger partial charge in [-0.05, 0) is 68.4 Å². The van der Waals surface area contributed by atoms with E-state index < -0.39 is 0 Å². The van der Waals surface area contributed by atoms with E-state index in [0.717, 1.165) is 53.5 Å². The van der Waals surface area contributed by atoms with E-state index in [4.69, 9.17) is 4.74 Å². The molecule has 170 valence electrons. The number of aromatic nitrogens is 3. The van der Waals surface area contributed by atoms with Crippen LogP contribution in [0.4, 0.5) is 0 Å². The molecule has 0 bridgehead atoms.